The fraction of sp³-hybridized carbons (Fsp3) is 0.529. The maximum Gasteiger partial charge on any atom is 0.413 e. The Bertz CT molecular complexity index is 744. The number of aliphatic hydroxyl groups is 1. The van der Waals surface area contributed by atoms with Crippen LogP contribution in [0.5, 0.6) is 0 Å². The molecule has 0 spiro atoms. The molecule has 2 N–H and O–H groups in total. The zero-order chi connectivity index (χ0) is 18.2. The highest BCUT2D eigenvalue weighted by Gasteiger charge is 2.43. The van der Waals surface area contributed by atoms with E-state index in [4.69, 9.17) is 13.9 Å². The van der Waals surface area contributed by atoms with E-state index in [9.17, 15) is 9.90 Å². The Kier molecular flexibility index (Phi) is 4.61. The second-order valence-corrected chi connectivity index (χ2v) is 8.42. The number of anilines is 1. The Morgan fingerprint density at radius 2 is 2.20 bits per heavy atom. The van der Waals surface area contributed by atoms with Crippen molar-refractivity contribution in [2.24, 2.45) is 5.41 Å². The van der Waals surface area contributed by atoms with Gasteiger partial charge in [0.15, 0.2) is 10.9 Å². The summed E-state index contributed by atoms with van der Waals surface area (Å²) in [6, 6.07) is 3.52. The number of nitrogens with zero attached hydrogens (tertiary/aromatic N) is 1. The van der Waals surface area contributed by atoms with Crippen LogP contribution in [0.3, 0.4) is 0 Å². The van der Waals surface area contributed by atoms with Crippen molar-refractivity contribution in [2.75, 3.05) is 18.5 Å². The maximum absolute atomic E-state index is 12.0. The molecule has 136 valence electrons. The highest BCUT2D eigenvalue weighted by Crippen LogP contribution is 2.46. The van der Waals surface area contributed by atoms with Gasteiger partial charge in [-0.2, -0.15) is 0 Å². The number of amides is 1. The van der Waals surface area contributed by atoms with E-state index in [1.54, 1.807) is 39.2 Å². The normalized spacial score (nSPS) is 17.6. The molecule has 1 fully saturated rings. The molecule has 0 saturated carbocycles. The standard InChI is InChI=1S/C17H22N2O5S/c1-16(2,3)24-15(21)19-14-18-11(10-6-5-7-23-10)12(25-14)13(20)17(4)8-22-9-17/h5-7,13,20H,8-9H2,1-4H3,(H,18,19,21). The predicted molar refractivity (Wildman–Crippen MR) is 93.6 cm³/mol. The summed E-state index contributed by atoms with van der Waals surface area (Å²) < 4.78 is 15.9. The number of carbonyl (C=O) groups is 1. The molecule has 2 aromatic heterocycles. The van der Waals surface area contributed by atoms with E-state index in [2.05, 4.69) is 10.3 Å². The van der Waals surface area contributed by atoms with Gasteiger partial charge in [0.25, 0.3) is 0 Å². The van der Waals surface area contributed by atoms with Crippen LogP contribution in [0.4, 0.5) is 9.93 Å². The Morgan fingerprint density at radius 1 is 1.48 bits per heavy atom. The SMILES string of the molecule is CC(C)(C)OC(=O)Nc1nc(-c2ccco2)c(C(O)C2(C)COC2)s1. The minimum Gasteiger partial charge on any atom is -0.463 e. The van der Waals surface area contributed by atoms with Gasteiger partial charge < -0.3 is 19.0 Å². The molecular weight excluding hydrogens is 344 g/mol. The molecule has 1 aliphatic rings. The molecule has 1 amide bonds. The van der Waals surface area contributed by atoms with Crippen LogP contribution < -0.4 is 5.32 Å². The molecule has 1 unspecified atom stereocenters. The minimum absolute atomic E-state index is 0.346. The van der Waals surface area contributed by atoms with Gasteiger partial charge in [-0.05, 0) is 32.9 Å². The second kappa shape index (κ2) is 6.44. The average molecular weight is 366 g/mol. The molecule has 2 aromatic rings. The first-order valence-corrected chi connectivity index (χ1v) is 8.80. The van der Waals surface area contributed by atoms with Gasteiger partial charge in [0.05, 0.1) is 24.4 Å². The largest absolute Gasteiger partial charge is 0.463 e. The van der Waals surface area contributed by atoms with Crippen molar-refractivity contribution in [1.82, 2.24) is 4.98 Å². The Morgan fingerprint density at radius 3 is 2.72 bits per heavy atom. The number of hydrogen-bond donors (Lipinski definition) is 2. The summed E-state index contributed by atoms with van der Waals surface area (Å²) in [4.78, 5) is 17.1. The summed E-state index contributed by atoms with van der Waals surface area (Å²) in [5.74, 6) is 0.534. The van der Waals surface area contributed by atoms with Crippen LogP contribution in [0, 0.1) is 5.41 Å². The Labute approximate surface area is 150 Å². The summed E-state index contributed by atoms with van der Waals surface area (Å²) in [5, 5.41) is 13.8. The van der Waals surface area contributed by atoms with Crippen molar-refractivity contribution >= 4 is 22.6 Å². The molecule has 0 bridgehead atoms. The second-order valence-electron chi connectivity index (χ2n) is 7.39. The molecule has 1 saturated heterocycles. The number of carbonyl (C=O) groups excluding carboxylic acids is 1. The zero-order valence-corrected chi connectivity index (χ0v) is 15.5. The molecule has 8 heteroatoms. The van der Waals surface area contributed by atoms with Gasteiger partial charge in [-0.1, -0.05) is 18.3 Å². The molecule has 3 heterocycles. The highest BCUT2D eigenvalue weighted by atomic mass is 32.1. The van der Waals surface area contributed by atoms with Crippen LogP contribution in [-0.4, -0.2) is 35.0 Å². The van der Waals surface area contributed by atoms with Gasteiger partial charge in [0.1, 0.15) is 17.4 Å². The van der Waals surface area contributed by atoms with Gasteiger partial charge in [-0.15, -0.1) is 0 Å². The number of nitrogens with one attached hydrogen (secondary N) is 1. The fourth-order valence-corrected chi connectivity index (χ4v) is 3.57. The van der Waals surface area contributed by atoms with Crippen molar-refractivity contribution in [3.63, 3.8) is 0 Å². The van der Waals surface area contributed by atoms with Crippen molar-refractivity contribution in [2.45, 2.75) is 39.4 Å². The van der Waals surface area contributed by atoms with Crippen LogP contribution >= 0.6 is 11.3 Å². The summed E-state index contributed by atoms with van der Waals surface area (Å²) >= 11 is 1.21. The van der Waals surface area contributed by atoms with E-state index in [1.807, 2.05) is 6.92 Å². The molecule has 1 aliphatic heterocycles. The van der Waals surface area contributed by atoms with Gasteiger partial charge in [-0.3, -0.25) is 5.32 Å². The number of ether oxygens (including phenoxy) is 2. The topological polar surface area (TPSA) is 93.8 Å². The molecule has 25 heavy (non-hydrogen) atoms. The number of aliphatic hydroxyl groups excluding tert-OH is 1. The highest BCUT2D eigenvalue weighted by molar-refractivity contribution is 7.16. The van der Waals surface area contributed by atoms with Gasteiger partial charge in [-0.25, -0.2) is 9.78 Å². The summed E-state index contributed by atoms with van der Waals surface area (Å²) in [5.41, 5.74) is -0.469. The molecule has 0 aliphatic carbocycles. The van der Waals surface area contributed by atoms with Crippen LogP contribution in [-0.2, 0) is 9.47 Å². The van der Waals surface area contributed by atoms with Crippen molar-refractivity contribution in [3.8, 4) is 11.5 Å². The van der Waals surface area contributed by atoms with Gasteiger partial charge >= 0.3 is 6.09 Å². The van der Waals surface area contributed by atoms with E-state index in [0.29, 0.717) is 34.7 Å². The molecule has 0 aromatic carbocycles. The fourth-order valence-electron chi connectivity index (χ4n) is 2.45. The van der Waals surface area contributed by atoms with Crippen molar-refractivity contribution < 1.29 is 23.8 Å². The van der Waals surface area contributed by atoms with Crippen LogP contribution in [0.1, 0.15) is 38.7 Å². The Balaban J connectivity index is 1.88. The first-order chi connectivity index (χ1) is 11.7. The number of rotatable bonds is 4. The number of aromatic nitrogens is 1. The zero-order valence-electron chi connectivity index (χ0n) is 14.7. The summed E-state index contributed by atoms with van der Waals surface area (Å²) in [6.45, 7) is 8.25. The molecule has 0 radical (unpaired) electrons. The third-order valence-corrected chi connectivity index (χ3v) is 4.81. The van der Waals surface area contributed by atoms with Crippen LogP contribution in [0.25, 0.3) is 11.5 Å². The third-order valence-electron chi connectivity index (χ3n) is 3.79. The van der Waals surface area contributed by atoms with E-state index < -0.39 is 17.8 Å². The average Bonchev–Trinajstić information content (AvgIpc) is 3.10. The quantitative estimate of drug-likeness (QED) is 0.854. The smallest absolute Gasteiger partial charge is 0.413 e. The van der Waals surface area contributed by atoms with E-state index >= 15 is 0 Å². The third kappa shape index (κ3) is 3.86. The number of furan rings is 1. The molecular formula is C17H22N2O5S. The molecule has 3 rings (SSSR count). The maximum atomic E-state index is 12.0. The summed E-state index contributed by atoms with van der Waals surface area (Å²) in [7, 11) is 0. The van der Waals surface area contributed by atoms with Crippen molar-refractivity contribution in [3.05, 3.63) is 23.3 Å². The number of hydrogen-bond acceptors (Lipinski definition) is 7. The Hall–Kier alpha value is -1.90. The lowest BCUT2D eigenvalue weighted by atomic mass is 9.81. The first kappa shape index (κ1) is 17.9. The van der Waals surface area contributed by atoms with E-state index in [0.717, 1.165) is 0 Å². The monoisotopic (exact) mass is 366 g/mol. The lowest BCUT2D eigenvalue weighted by molar-refractivity contribution is -0.161. The van der Waals surface area contributed by atoms with E-state index in [1.165, 1.54) is 11.3 Å². The van der Waals surface area contributed by atoms with Crippen LogP contribution in [0.2, 0.25) is 0 Å². The van der Waals surface area contributed by atoms with Crippen LogP contribution in [0.15, 0.2) is 22.8 Å². The molecule has 1 atom stereocenters. The lowest BCUT2D eigenvalue weighted by Gasteiger charge is -2.41. The first-order valence-electron chi connectivity index (χ1n) is 7.98. The van der Waals surface area contributed by atoms with Gasteiger partial charge in [0, 0.05) is 5.41 Å². The predicted octanol–water partition coefficient (Wildman–Crippen LogP) is 3.82. The molecule has 7 nitrogen and oxygen atoms in total. The summed E-state index contributed by atoms with van der Waals surface area (Å²) in [6.07, 6.45) is 0.180. The van der Waals surface area contributed by atoms with Crippen molar-refractivity contribution in [1.29, 1.82) is 0 Å². The van der Waals surface area contributed by atoms with Gasteiger partial charge in [0.2, 0.25) is 0 Å². The lowest BCUT2D eigenvalue weighted by Crippen LogP contribution is -2.44. The number of thiazole rings is 1. The minimum atomic E-state index is -0.770. The van der Waals surface area contributed by atoms with E-state index in [-0.39, 0.29) is 5.41 Å².